The number of hydrogen-bond acceptors (Lipinski definition) is 7. The molecule has 1 fully saturated rings. The van der Waals surface area contributed by atoms with E-state index in [0.717, 1.165) is 48.5 Å². The third kappa shape index (κ3) is 5.50. The van der Waals surface area contributed by atoms with Crippen LogP contribution in [0.15, 0.2) is 41.4 Å². The Kier molecular flexibility index (Phi) is 7.09. The van der Waals surface area contributed by atoms with Crippen LogP contribution in [0.3, 0.4) is 0 Å². The minimum atomic E-state index is -1.26. The third-order valence-corrected chi connectivity index (χ3v) is 6.13. The largest absolute Gasteiger partial charge is 0.478 e. The number of para-hydroxylation sites is 2. The van der Waals surface area contributed by atoms with E-state index in [0.29, 0.717) is 12.2 Å². The Labute approximate surface area is 184 Å². The molecule has 0 saturated carbocycles. The highest BCUT2D eigenvalue weighted by Crippen LogP contribution is 2.44. The summed E-state index contributed by atoms with van der Waals surface area (Å²) in [6, 6.07) is 8.05. The highest BCUT2D eigenvalue weighted by atomic mass is 32.1. The molecule has 2 aromatic rings. The number of carboxylic acids is 2. The average Bonchev–Trinajstić information content (AvgIpc) is 2.91. The van der Waals surface area contributed by atoms with Crippen molar-refractivity contribution in [3.8, 4) is 10.8 Å². The number of amidine groups is 1. The number of aliphatic carboxylic acids is 2. The standard InChI is InChI=1S/C18H21N3OS.C4H4O4/c1-12-13(2)23-18-16(12)17(21-10-8-20(3)9-11-21)19-14-6-4-5-7-15(14)22-18;5-3(6)1-2-4(7)8/h4-7H,8-11H2,1-3H3;1-2H,(H,5,6)(H,7,8). The van der Waals surface area contributed by atoms with Gasteiger partial charge < -0.3 is 24.7 Å². The van der Waals surface area contributed by atoms with Crippen LogP contribution in [-0.2, 0) is 9.59 Å². The monoisotopic (exact) mass is 443 g/mol. The van der Waals surface area contributed by atoms with Gasteiger partial charge in [-0.25, -0.2) is 14.6 Å². The number of thiophene rings is 1. The predicted molar refractivity (Wildman–Crippen MR) is 120 cm³/mol. The van der Waals surface area contributed by atoms with E-state index >= 15 is 0 Å². The van der Waals surface area contributed by atoms with Gasteiger partial charge in [0.25, 0.3) is 0 Å². The molecule has 0 amide bonds. The molecule has 31 heavy (non-hydrogen) atoms. The molecule has 2 N–H and O–H groups in total. The van der Waals surface area contributed by atoms with E-state index in [9.17, 15) is 9.59 Å². The first-order chi connectivity index (χ1) is 14.8. The first kappa shape index (κ1) is 22.5. The van der Waals surface area contributed by atoms with Crippen LogP contribution in [0.25, 0.3) is 0 Å². The number of ether oxygens (including phenoxy) is 1. The van der Waals surface area contributed by atoms with Crippen LogP contribution in [0.5, 0.6) is 10.8 Å². The summed E-state index contributed by atoms with van der Waals surface area (Å²) in [6.07, 6.45) is 1.12. The maximum Gasteiger partial charge on any atom is 0.328 e. The van der Waals surface area contributed by atoms with Crippen molar-refractivity contribution < 1.29 is 24.5 Å². The second-order valence-electron chi connectivity index (χ2n) is 7.25. The van der Waals surface area contributed by atoms with Crippen molar-refractivity contribution in [2.24, 2.45) is 4.99 Å². The fraction of sp³-hybridized carbons (Fsp3) is 0.318. The van der Waals surface area contributed by atoms with Gasteiger partial charge in [-0.05, 0) is 38.6 Å². The van der Waals surface area contributed by atoms with Crippen molar-refractivity contribution in [3.63, 3.8) is 0 Å². The summed E-state index contributed by atoms with van der Waals surface area (Å²) in [6.45, 7) is 8.48. The van der Waals surface area contributed by atoms with Gasteiger partial charge in [0.2, 0.25) is 0 Å². The molecule has 0 aliphatic carbocycles. The molecule has 1 aromatic carbocycles. The van der Waals surface area contributed by atoms with Crippen molar-refractivity contribution in [2.75, 3.05) is 33.2 Å². The summed E-state index contributed by atoms with van der Waals surface area (Å²) in [7, 11) is 2.18. The summed E-state index contributed by atoms with van der Waals surface area (Å²) in [4.78, 5) is 30.2. The first-order valence-corrected chi connectivity index (χ1v) is 10.6. The van der Waals surface area contributed by atoms with Crippen molar-refractivity contribution in [3.05, 3.63) is 52.4 Å². The van der Waals surface area contributed by atoms with Gasteiger partial charge in [0.15, 0.2) is 10.8 Å². The molecule has 1 saturated heterocycles. The number of nitrogens with zero attached hydrogens (tertiary/aromatic N) is 3. The molecule has 8 nitrogen and oxygen atoms in total. The molecule has 164 valence electrons. The molecule has 9 heteroatoms. The van der Waals surface area contributed by atoms with Gasteiger partial charge in [-0.3, -0.25) is 0 Å². The fourth-order valence-electron chi connectivity index (χ4n) is 3.22. The van der Waals surface area contributed by atoms with Crippen molar-refractivity contribution in [1.82, 2.24) is 9.80 Å². The second-order valence-corrected chi connectivity index (χ2v) is 8.44. The quantitative estimate of drug-likeness (QED) is 0.685. The Bertz CT molecular complexity index is 1020. The highest BCUT2D eigenvalue weighted by molar-refractivity contribution is 7.14. The molecule has 0 radical (unpaired) electrons. The molecule has 3 heterocycles. The number of carbonyl (C=O) groups is 2. The summed E-state index contributed by atoms with van der Waals surface area (Å²) in [5, 5.41) is 16.6. The molecule has 2 aliphatic heterocycles. The Balaban J connectivity index is 0.000000293. The summed E-state index contributed by atoms with van der Waals surface area (Å²) < 4.78 is 6.21. The summed E-state index contributed by atoms with van der Waals surface area (Å²) >= 11 is 1.72. The third-order valence-electron chi connectivity index (χ3n) is 5.04. The number of aryl methyl sites for hydroxylation is 1. The number of piperazine rings is 1. The Morgan fingerprint density at radius 2 is 1.68 bits per heavy atom. The molecule has 0 unspecified atom stereocenters. The molecule has 4 rings (SSSR count). The second kappa shape index (κ2) is 9.76. The lowest BCUT2D eigenvalue weighted by Gasteiger charge is -2.34. The van der Waals surface area contributed by atoms with Crippen molar-refractivity contribution >= 4 is 34.8 Å². The average molecular weight is 444 g/mol. The van der Waals surface area contributed by atoms with E-state index in [4.69, 9.17) is 19.9 Å². The number of carboxylic acid groups (broad SMARTS) is 2. The van der Waals surface area contributed by atoms with Gasteiger partial charge in [0.05, 0.1) is 5.56 Å². The van der Waals surface area contributed by atoms with E-state index in [2.05, 4.69) is 30.7 Å². The summed E-state index contributed by atoms with van der Waals surface area (Å²) in [5.41, 5.74) is 3.38. The van der Waals surface area contributed by atoms with Gasteiger partial charge >= 0.3 is 11.9 Å². The van der Waals surface area contributed by atoms with Gasteiger partial charge in [0.1, 0.15) is 11.5 Å². The molecule has 1 aromatic heterocycles. The highest BCUT2D eigenvalue weighted by Gasteiger charge is 2.28. The molecule has 0 spiro atoms. The molecular weight excluding hydrogens is 418 g/mol. The first-order valence-electron chi connectivity index (χ1n) is 9.79. The Morgan fingerprint density at radius 3 is 2.29 bits per heavy atom. The Hall–Kier alpha value is -3.17. The van der Waals surface area contributed by atoms with Crippen LogP contribution in [0, 0.1) is 13.8 Å². The zero-order valence-corrected chi connectivity index (χ0v) is 18.5. The van der Waals surface area contributed by atoms with Crippen LogP contribution < -0.4 is 4.74 Å². The van der Waals surface area contributed by atoms with E-state index in [1.165, 1.54) is 16.0 Å². The number of benzene rings is 1. The number of rotatable bonds is 2. The van der Waals surface area contributed by atoms with Gasteiger partial charge in [-0.2, -0.15) is 0 Å². The summed E-state index contributed by atoms with van der Waals surface area (Å²) in [5.74, 6) is -0.598. The van der Waals surface area contributed by atoms with Crippen molar-refractivity contribution in [1.29, 1.82) is 0 Å². The molecule has 0 atom stereocenters. The SMILES string of the molecule is Cc1sc2c(c1C)C(N1CCN(C)CC1)=Nc1ccccc1O2.O=C(O)C=CC(=O)O. The van der Waals surface area contributed by atoms with Gasteiger partial charge in [0, 0.05) is 43.2 Å². The van der Waals surface area contributed by atoms with Gasteiger partial charge in [-0.1, -0.05) is 12.1 Å². The van der Waals surface area contributed by atoms with Crippen LogP contribution in [0.2, 0.25) is 0 Å². The van der Waals surface area contributed by atoms with Crippen LogP contribution in [0.1, 0.15) is 16.0 Å². The number of aliphatic imine (C=N–C) groups is 1. The lowest BCUT2D eigenvalue weighted by molar-refractivity contribution is -0.134. The van der Waals surface area contributed by atoms with Crippen LogP contribution in [0.4, 0.5) is 5.69 Å². The lowest BCUT2D eigenvalue weighted by atomic mass is 10.1. The minimum Gasteiger partial charge on any atom is -0.478 e. The molecule has 2 aliphatic rings. The lowest BCUT2D eigenvalue weighted by Crippen LogP contribution is -2.47. The maximum atomic E-state index is 9.55. The Morgan fingerprint density at radius 1 is 1.06 bits per heavy atom. The van der Waals surface area contributed by atoms with Crippen LogP contribution >= 0.6 is 11.3 Å². The number of likely N-dealkylation sites (N-methyl/N-ethyl adjacent to an activating group) is 1. The van der Waals surface area contributed by atoms with Crippen molar-refractivity contribution in [2.45, 2.75) is 13.8 Å². The maximum absolute atomic E-state index is 9.55. The van der Waals surface area contributed by atoms with E-state index in [1.807, 2.05) is 24.3 Å². The minimum absolute atomic E-state index is 0.558. The van der Waals surface area contributed by atoms with Crippen LogP contribution in [-0.4, -0.2) is 71.0 Å². The number of fused-ring (bicyclic) bond motifs is 2. The zero-order valence-electron chi connectivity index (χ0n) is 17.7. The predicted octanol–water partition coefficient (Wildman–Crippen LogP) is 3.51. The fourth-order valence-corrected chi connectivity index (χ4v) is 4.23. The van der Waals surface area contributed by atoms with E-state index < -0.39 is 11.9 Å². The normalized spacial score (nSPS) is 15.7. The zero-order chi connectivity index (χ0) is 22.5. The van der Waals surface area contributed by atoms with E-state index in [1.54, 1.807) is 11.3 Å². The smallest absolute Gasteiger partial charge is 0.328 e. The van der Waals surface area contributed by atoms with E-state index in [-0.39, 0.29) is 0 Å². The number of hydrogen-bond donors (Lipinski definition) is 2. The molecule has 0 bridgehead atoms. The molecular formula is C22H25N3O5S. The topological polar surface area (TPSA) is 103 Å². The van der Waals surface area contributed by atoms with Gasteiger partial charge in [-0.15, -0.1) is 11.3 Å².